The van der Waals surface area contributed by atoms with Gasteiger partial charge in [0.1, 0.15) is 23.0 Å². The van der Waals surface area contributed by atoms with Crippen molar-refractivity contribution in [2.75, 3.05) is 60.0 Å². The minimum atomic E-state index is -0.750. The van der Waals surface area contributed by atoms with Gasteiger partial charge in [0.25, 0.3) is 0 Å². The summed E-state index contributed by atoms with van der Waals surface area (Å²) < 4.78 is 70.9. The van der Waals surface area contributed by atoms with Crippen LogP contribution < -0.4 is 71.1 Å². The van der Waals surface area contributed by atoms with E-state index < -0.39 is 5.60 Å². The monoisotopic (exact) mass is 1480 g/mol. The molecule has 5 aliphatic heterocycles. The second-order valence-corrected chi connectivity index (χ2v) is 28.1. The van der Waals surface area contributed by atoms with E-state index in [9.17, 15) is 5.11 Å². The van der Waals surface area contributed by atoms with E-state index in [0.29, 0.717) is 33.0 Å². The van der Waals surface area contributed by atoms with Crippen LogP contribution in [0.2, 0.25) is 0 Å². The first-order chi connectivity index (χ1) is 51.7. The molecule has 5 fully saturated rings. The van der Waals surface area contributed by atoms with Gasteiger partial charge < -0.3 is 88.9 Å². The van der Waals surface area contributed by atoms with E-state index in [1.54, 1.807) is 45.0 Å². The van der Waals surface area contributed by atoms with Crippen LogP contribution in [0.25, 0.3) is 0 Å². The van der Waals surface area contributed by atoms with Crippen molar-refractivity contribution in [3.05, 3.63) is 246 Å². The Morgan fingerprint density at radius 1 is 0.296 bits per heavy atom. The van der Waals surface area contributed by atoms with E-state index >= 15 is 0 Å². The summed E-state index contributed by atoms with van der Waals surface area (Å²) in [7, 11) is 0. The van der Waals surface area contributed by atoms with Crippen LogP contribution in [0, 0.1) is 0 Å². The first-order valence-electron chi connectivity index (χ1n) is 37.7. The molecular weight excluding hydrogens is 1370 g/mol. The third-order valence-electron chi connectivity index (χ3n) is 18.0. The topological polar surface area (TPSA) is 218 Å². The Hall–Kier alpha value is -7.86. The van der Waals surface area contributed by atoms with E-state index in [1.165, 1.54) is 6.42 Å². The fourth-order valence-corrected chi connectivity index (χ4v) is 12.3. The number of anilines is 9. The van der Waals surface area contributed by atoms with Gasteiger partial charge in [-0.25, -0.2) is 0 Å². The Morgan fingerprint density at radius 2 is 0.463 bits per heavy atom. The number of hydrogen-bond acceptors (Lipinski definition) is 18. The molecule has 19 heteroatoms. The molecule has 0 amide bonds. The predicted molar refractivity (Wildman–Crippen MR) is 423 cm³/mol. The summed E-state index contributed by atoms with van der Waals surface area (Å²) in [6.45, 7) is 11.4. The zero-order valence-corrected chi connectivity index (χ0v) is 64.8. The van der Waals surface area contributed by atoms with Crippen LogP contribution in [0.15, 0.2) is 218 Å². The Balaban J connectivity index is 0.000000295. The predicted octanol–water partition coefficient (Wildman–Crippen LogP) is 17.3. The van der Waals surface area contributed by atoms with Gasteiger partial charge >= 0.3 is 29.6 Å². The fraction of sp³-hybridized carbons (Fsp3) is 0.393. The Bertz CT molecular complexity index is 3560. The molecule has 5 unspecified atom stereocenters. The number of nitrogens with two attached hydrogens (primary N) is 3. The molecule has 18 nitrogen and oxygen atoms in total. The molecule has 5 saturated heterocycles. The molecule has 5 atom stereocenters. The van der Waals surface area contributed by atoms with Crippen LogP contribution in [-0.4, -0.2) is 70.1 Å². The summed E-state index contributed by atoms with van der Waals surface area (Å²) in [6, 6.07) is 73.1. The molecule has 108 heavy (non-hydrogen) atoms. The van der Waals surface area contributed by atoms with Gasteiger partial charge in [0.2, 0.25) is 0 Å². The maximum Gasteiger partial charge on any atom is 1.00 e. The second-order valence-electron chi connectivity index (χ2n) is 28.1. The van der Waals surface area contributed by atoms with Gasteiger partial charge in [-0.15, -0.1) is 5.60 Å². The maximum atomic E-state index is 10.1. The molecule has 9 aromatic rings. The van der Waals surface area contributed by atoms with Crippen molar-refractivity contribution in [3.8, 4) is 23.0 Å². The zero-order chi connectivity index (χ0) is 73.6. The molecule has 9 aromatic carbocycles. The van der Waals surface area contributed by atoms with Crippen LogP contribution in [0.4, 0.5) is 51.2 Å². The number of ether oxygens (including phenoxy) is 12. The largest absolute Gasteiger partial charge is 1.00 e. The van der Waals surface area contributed by atoms with Crippen molar-refractivity contribution in [2.24, 2.45) is 0 Å². The Kier molecular flexibility index (Phi) is 34.8. The Morgan fingerprint density at radius 3 is 0.648 bits per heavy atom. The van der Waals surface area contributed by atoms with Crippen molar-refractivity contribution in [2.45, 2.75) is 195 Å². The van der Waals surface area contributed by atoms with Crippen molar-refractivity contribution in [3.63, 3.8) is 0 Å². The van der Waals surface area contributed by atoms with Crippen molar-refractivity contribution in [1.29, 1.82) is 0 Å². The van der Waals surface area contributed by atoms with E-state index in [4.69, 9.17) is 74.0 Å². The normalized spacial score (nSPS) is 18.4. The van der Waals surface area contributed by atoms with Gasteiger partial charge in [0.15, 0.2) is 31.5 Å². The Labute approximate surface area is 662 Å². The molecule has 0 bridgehead atoms. The number of nitrogen functional groups attached to an aromatic ring is 3. The first-order valence-corrected chi connectivity index (χ1v) is 37.7. The number of rotatable bonds is 25. The molecule has 0 aromatic heterocycles. The van der Waals surface area contributed by atoms with Crippen LogP contribution in [0.3, 0.4) is 0 Å². The van der Waals surface area contributed by atoms with Gasteiger partial charge in [0.05, 0.1) is 33.0 Å². The zero-order valence-electron chi connectivity index (χ0n) is 62.8. The smallest absolute Gasteiger partial charge is 0.850 e. The van der Waals surface area contributed by atoms with Crippen LogP contribution in [-0.2, 0) is 80.4 Å². The number of hydrogen-bond donors (Lipinski definition) is 3. The van der Waals surface area contributed by atoms with Crippen LogP contribution in [0.1, 0.15) is 152 Å². The summed E-state index contributed by atoms with van der Waals surface area (Å²) >= 11 is 0. The molecule has 0 radical (unpaired) electrons. The molecule has 0 saturated carbocycles. The summed E-state index contributed by atoms with van der Waals surface area (Å²) in [5, 5.41) is 10.1. The molecule has 6 N–H and O–H groups in total. The molecule has 0 aliphatic carbocycles. The van der Waals surface area contributed by atoms with Crippen LogP contribution in [0.5, 0.6) is 23.0 Å². The van der Waals surface area contributed by atoms with E-state index in [-0.39, 0.29) is 68.4 Å². The van der Waals surface area contributed by atoms with Crippen molar-refractivity contribution >= 4 is 51.2 Å². The third kappa shape index (κ3) is 28.9. The first kappa shape index (κ1) is 84.2. The second kappa shape index (κ2) is 44.7. The molecule has 5 aliphatic rings. The summed E-state index contributed by atoms with van der Waals surface area (Å²) in [4.78, 5) is 4.51. The molecule has 14 rings (SSSR count). The minimum Gasteiger partial charge on any atom is -0.850 e. The van der Waals surface area contributed by atoms with Crippen LogP contribution >= 0.6 is 0 Å². The van der Waals surface area contributed by atoms with E-state index in [0.717, 1.165) is 225 Å². The third-order valence-corrected chi connectivity index (χ3v) is 18.0. The van der Waals surface area contributed by atoms with Gasteiger partial charge in [-0.05, 0) is 282 Å². The summed E-state index contributed by atoms with van der Waals surface area (Å²) in [5.74, 6) is 2.99. The average Bonchev–Trinajstić information content (AvgIpc) is 0.806. The van der Waals surface area contributed by atoms with E-state index in [1.807, 2.05) is 72.8 Å². The number of nitrogens with zero attached hydrogens (tertiary/aromatic N) is 2. The van der Waals surface area contributed by atoms with Crippen molar-refractivity contribution in [1.82, 2.24) is 0 Å². The fourth-order valence-electron chi connectivity index (χ4n) is 12.3. The summed E-state index contributed by atoms with van der Waals surface area (Å²) in [5.41, 5.74) is 29.9. The van der Waals surface area contributed by atoms with Gasteiger partial charge in [-0.3, -0.25) is 0 Å². The quantitative estimate of drug-likeness (QED) is 0.0358. The van der Waals surface area contributed by atoms with Gasteiger partial charge in [-0.1, -0.05) is 88.9 Å². The molecular formula is C89H110N5NaO13. The SMILES string of the molecule is C.CC(C)(C)[O-].Nc1ccc(COC2CCCCO2)cc1.Nc1ccc(Oc2ccc(N)cc2)cc1.[Na+].c1cc(N(c2ccc(COC3CCCCO3)cc2)c2ccc(Oc3ccc(N(c4ccc(COC5CCCCO5)cc4)c4ccc(COC5CCCCO5)cc4)cc3)cc2)ccc1COC1CCCCO1. The maximum absolute atomic E-state index is 10.1. The van der Waals surface area contributed by atoms with Crippen molar-refractivity contribution < 1.29 is 91.5 Å². The van der Waals surface area contributed by atoms with Gasteiger partial charge in [-0.2, -0.15) is 0 Å². The van der Waals surface area contributed by atoms with Gasteiger partial charge in [0, 0.05) is 84.2 Å². The standard InChI is InChI=1S/C60H68N2O9.C12H12N2O.C12H17NO2.C4H9O.CH4.Na/c1-5-37-63-57(9-1)67-41-45-13-21-49(22-14-45)61(50-23-15-46(16-24-50)42-68-58-10-2-6-38-64-58)53-29-33-55(34-30-53)71-56-35-31-54(32-36-56)62(51-25-17-47(18-26-51)43-69-59-11-3-7-39-65-59)52-27-19-48(20-28-52)44-70-60-12-4-8-40-66-60;13-9-1-5-11(6-2-9)15-12-7-3-10(14)4-8-12;13-11-6-4-10(5-7-11)9-15-12-3-1-2-8-14-12;1-4(2,3)5;;/h13-36,57-60H,1-12,37-44H2;1-8H,13-14H2;4-7,12H,1-3,8-9,13H2;1-3H3;1H4;/q;;;-1;;+1. The van der Waals surface area contributed by atoms with E-state index in [2.05, 4.69) is 131 Å². The molecule has 5 heterocycles. The summed E-state index contributed by atoms with van der Waals surface area (Å²) in [6.07, 6.45) is 15.5. The molecule has 570 valence electrons. The number of benzene rings is 9. The molecule has 0 spiro atoms. The average molecular weight is 1480 g/mol. The minimum absolute atomic E-state index is 0.